The van der Waals surface area contributed by atoms with Crippen molar-refractivity contribution in [2.45, 2.75) is 66.1 Å². The van der Waals surface area contributed by atoms with Crippen LogP contribution in [-0.2, 0) is 22.6 Å². The number of nitrogens with zero attached hydrogens (tertiary/aromatic N) is 1. The van der Waals surface area contributed by atoms with Crippen LogP contribution in [0.4, 0.5) is 0 Å². The summed E-state index contributed by atoms with van der Waals surface area (Å²) in [5, 5.41) is 2.91. The lowest BCUT2D eigenvalue weighted by atomic mass is 10.1. The zero-order chi connectivity index (χ0) is 25.1. The number of benzene rings is 2. The van der Waals surface area contributed by atoms with Crippen molar-refractivity contribution < 1.29 is 23.8 Å². The quantitative estimate of drug-likeness (QED) is 0.471. The van der Waals surface area contributed by atoms with Gasteiger partial charge in [0.1, 0.15) is 11.8 Å². The Labute approximate surface area is 203 Å². The van der Waals surface area contributed by atoms with Gasteiger partial charge in [-0.2, -0.15) is 0 Å². The third-order valence-electron chi connectivity index (χ3n) is 5.35. The van der Waals surface area contributed by atoms with Crippen molar-refractivity contribution in [1.82, 2.24) is 10.2 Å². The lowest BCUT2D eigenvalue weighted by Gasteiger charge is -2.29. The number of carbonyl (C=O) groups is 2. The molecule has 7 nitrogen and oxygen atoms in total. The number of nitrogens with one attached hydrogen (secondary N) is 1. The maximum atomic E-state index is 13.3. The minimum Gasteiger partial charge on any atom is -0.497 e. The normalized spacial score (nSPS) is 11.6. The molecule has 7 heteroatoms. The Kier molecular flexibility index (Phi) is 10.7. The van der Waals surface area contributed by atoms with E-state index in [4.69, 9.17) is 14.2 Å². The zero-order valence-electron chi connectivity index (χ0n) is 21.2. The van der Waals surface area contributed by atoms with Gasteiger partial charge in [0.15, 0.2) is 11.5 Å². The summed E-state index contributed by atoms with van der Waals surface area (Å²) >= 11 is 0. The van der Waals surface area contributed by atoms with E-state index in [-0.39, 0.29) is 24.3 Å². The van der Waals surface area contributed by atoms with E-state index in [0.29, 0.717) is 37.7 Å². The topological polar surface area (TPSA) is 77.1 Å². The third kappa shape index (κ3) is 7.97. The number of amides is 2. The number of hydrogen-bond acceptors (Lipinski definition) is 5. The molecule has 0 aromatic heterocycles. The van der Waals surface area contributed by atoms with Gasteiger partial charge in [0.2, 0.25) is 11.8 Å². The van der Waals surface area contributed by atoms with Crippen molar-refractivity contribution in [3.63, 3.8) is 0 Å². The molecule has 0 heterocycles. The molecule has 0 radical (unpaired) electrons. The number of aryl methyl sites for hydroxylation is 1. The maximum Gasteiger partial charge on any atom is 0.242 e. The molecule has 2 aromatic carbocycles. The number of hydrogen-bond donors (Lipinski definition) is 1. The molecule has 0 aliphatic carbocycles. The standard InChI is InChI=1S/C27H38N2O5/c1-7-33-24-15-11-21(17-25(24)34-8-2)12-16-26(30)29(20(5)27(31)28-19(3)4)18-22-9-13-23(32-6)14-10-22/h9-11,13-15,17,19-20H,7-8,12,16,18H2,1-6H3,(H,28,31)/t20-/m1/s1. The van der Waals surface area contributed by atoms with Crippen LogP contribution < -0.4 is 19.5 Å². The van der Waals surface area contributed by atoms with E-state index < -0.39 is 6.04 Å². The fraction of sp³-hybridized carbons (Fsp3) is 0.481. The molecule has 1 atom stereocenters. The Bertz CT molecular complexity index is 927. The largest absolute Gasteiger partial charge is 0.497 e. The first-order chi connectivity index (χ1) is 16.3. The van der Waals surface area contributed by atoms with E-state index >= 15 is 0 Å². The van der Waals surface area contributed by atoms with Gasteiger partial charge in [-0.1, -0.05) is 18.2 Å². The highest BCUT2D eigenvalue weighted by Gasteiger charge is 2.26. The van der Waals surface area contributed by atoms with Gasteiger partial charge >= 0.3 is 0 Å². The Balaban J connectivity index is 2.18. The summed E-state index contributed by atoms with van der Waals surface area (Å²) < 4.78 is 16.6. The van der Waals surface area contributed by atoms with Crippen molar-refractivity contribution in [2.24, 2.45) is 0 Å². The van der Waals surface area contributed by atoms with Crippen LogP contribution in [0.3, 0.4) is 0 Å². The summed E-state index contributed by atoms with van der Waals surface area (Å²) in [7, 11) is 1.61. The molecular formula is C27H38N2O5. The summed E-state index contributed by atoms with van der Waals surface area (Å²) in [5.41, 5.74) is 1.90. The Morgan fingerprint density at radius 1 is 0.912 bits per heavy atom. The molecule has 0 aliphatic heterocycles. The van der Waals surface area contributed by atoms with Crippen molar-refractivity contribution in [2.75, 3.05) is 20.3 Å². The summed E-state index contributed by atoms with van der Waals surface area (Å²) in [4.78, 5) is 27.7. The predicted molar refractivity (Wildman–Crippen MR) is 133 cm³/mol. The van der Waals surface area contributed by atoms with E-state index in [1.807, 2.05) is 70.2 Å². The van der Waals surface area contributed by atoms with Crippen LogP contribution >= 0.6 is 0 Å². The number of carbonyl (C=O) groups excluding carboxylic acids is 2. The van der Waals surface area contributed by atoms with Gasteiger partial charge in [-0.05, 0) is 76.4 Å². The van der Waals surface area contributed by atoms with Crippen LogP contribution in [0.25, 0.3) is 0 Å². The summed E-state index contributed by atoms with van der Waals surface area (Å²) in [6, 6.07) is 12.7. The van der Waals surface area contributed by atoms with Gasteiger partial charge in [-0.15, -0.1) is 0 Å². The van der Waals surface area contributed by atoms with Crippen molar-refractivity contribution in [1.29, 1.82) is 0 Å². The highest BCUT2D eigenvalue weighted by molar-refractivity contribution is 5.87. The van der Waals surface area contributed by atoms with Crippen molar-refractivity contribution in [3.8, 4) is 17.2 Å². The zero-order valence-corrected chi connectivity index (χ0v) is 21.2. The van der Waals surface area contributed by atoms with Gasteiger partial charge in [0, 0.05) is 19.0 Å². The average Bonchev–Trinajstić information content (AvgIpc) is 2.82. The highest BCUT2D eigenvalue weighted by Crippen LogP contribution is 2.29. The molecule has 2 rings (SSSR count). The summed E-state index contributed by atoms with van der Waals surface area (Å²) in [6.07, 6.45) is 0.804. The molecule has 1 N–H and O–H groups in total. The van der Waals surface area contributed by atoms with E-state index in [2.05, 4.69) is 5.32 Å². The molecule has 0 saturated carbocycles. The van der Waals surface area contributed by atoms with Crippen LogP contribution in [0.1, 0.15) is 52.2 Å². The fourth-order valence-corrected chi connectivity index (χ4v) is 3.56. The molecule has 0 spiro atoms. The molecule has 2 amide bonds. The Morgan fingerprint density at radius 2 is 1.53 bits per heavy atom. The molecule has 2 aromatic rings. The highest BCUT2D eigenvalue weighted by atomic mass is 16.5. The van der Waals surface area contributed by atoms with Gasteiger partial charge in [0.05, 0.1) is 20.3 Å². The Morgan fingerprint density at radius 3 is 2.12 bits per heavy atom. The second-order valence-corrected chi connectivity index (χ2v) is 8.36. The van der Waals surface area contributed by atoms with Gasteiger partial charge in [0.25, 0.3) is 0 Å². The van der Waals surface area contributed by atoms with Crippen LogP contribution in [0.15, 0.2) is 42.5 Å². The number of rotatable bonds is 13. The Hall–Kier alpha value is -3.22. The molecule has 0 aliphatic rings. The maximum absolute atomic E-state index is 13.3. The van der Waals surface area contributed by atoms with E-state index in [0.717, 1.165) is 16.9 Å². The predicted octanol–water partition coefficient (Wildman–Crippen LogP) is 4.37. The van der Waals surface area contributed by atoms with E-state index in [1.165, 1.54) is 0 Å². The summed E-state index contributed by atoms with van der Waals surface area (Å²) in [5.74, 6) is 1.85. The minimum absolute atomic E-state index is 0.00581. The van der Waals surface area contributed by atoms with Crippen LogP contribution in [-0.4, -0.2) is 49.1 Å². The third-order valence-corrected chi connectivity index (χ3v) is 5.35. The molecule has 0 bridgehead atoms. The average molecular weight is 471 g/mol. The molecule has 0 unspecified atom stereocenters. The first kappa shape index (κ1) is 27.0. The first-order valence-electron chi connectivity index (χ1n) is 11.9. The van der Waals surface area contributed by atoms with Crippen LogP contribution in [0, 0.1) is 0 Å². The van der Waals surface area contributed by atoms with Crippen molar-refractivity contribution in [3.05, 3.63) is 53.6 Å². The molecular weight excluding hydrogens is 432 g/mol. The molecule has 34 heavy (non-hydrogen) atoms. The van der Waals surface area contributed by atoms with Crippen LogP contribution in [0.2, 0.25) is 0 Å². The molecule has 0 saturated heterocycles. The second kappa shape index (κ2) is 13.5. The smallest absolute Gasteiger partial charge is 0.242 e. The monoisotopic (exact) mass is 470 g/mol. The van der Waals surface area contributed by atoms with Gasteiger partial charge in [-0.25, -0.2) is 0 Å². The lowest BCUT2D eigenvalue weighted by Crippen LogP contribution is -2.49. The second-order valence-electron chi connectivity index (χ2n) is 8.36. The van der Waals surface area contributed by atoms with E-state index in [1.54, 1.807) is 18.9 Å². The lowest BCUT2D eigenvalue weighted by molar-refractivity contribution is -0.140. The van der Waals surface area contributed by atoms with Crippen LogP contribution in [0.5, 0.6) is 17.2 Å². The first-order valence-corrected chi connectivity index (χ1v) is 11.9. The number of ether oxygens (including phenoxy) is 3. The SMILES string of the molecule is CCOc1ccc(CCC(=O)N(Cc2ccc(OC)cc2)[C@H](C)C(=O)NC(C)C)cc1OCC. The van der Waals surface area contributed by atoms with E-state index in [9.17, 15) is 9.59 Å². The minimum atomic E-state index is -0.601. The summed E-state index contributed by atoms with van der Waals surface area (Å²) in [6.45, 7) is 10.8. The fourth-order valence-electron chi connectivity index (χ4n) is 3.56. The number of methoxy groups -OCH3 is 1. The molecule has 186 valence electrons. The molecule has 0 fully saturated rings. The van der Waals surface area contributed by atoms with Gasteiger partial charge < -0.3 is 24.4 Å². The van der Waals surface area contributed by atoms with Gasteiger partial charge in [-0.3, -0.25) is 9.59 Å². The van der Waals surface area contributed by atoms with Crippen molar-refractivity contribution >= 4 is 11.8 Å².